The highest BCUT2D eigenvalue weighted by molar-refractivity contribution is 7.91. The highest BCUT2D eigenvalue weighted by atomic mass is 35.5. The molecule has 1 unspecified atom stereocenters. The fourth-order valence-electron chi connectivity index (χ4n) is 1.08. The molecule has 108 valence electrons. The third-order valence-corrected chi connectivity index (χ3v) is 6.03. The summed E-state index contributed by atoms with van der Waals surface area (Å²) in [4.78, 5) is 9.88. The number of nitrogens with one attached hydrogen (secondary N) is 1. The van der Waals surface area contributed by atoms with Gasteiger partial charge in [-0.15, -0.1) is 11.3 Å². The first-order chi connectivity index (χ1) is 8.47. The van der Waals surface area contributed by atoms with E-state index < -0.39 is 32.3 Å². The van der Waals surface area contributed by atoms with Crippen LogP contribution in [0.3, 0.4) is 0 Å². The second kappa shape index (κ2) is 5.33. The molecule has 0 spiro atoms. The Kier molecular flexibility index (Phi) is 4.58. The molecule has 0 amide bonds. The monoisotopic (exact) mass is 328 g/mol. The Labute approximate surface area is 119 Å². The molecule has 0 aliphatic carbocycles. The maximum atomic E-state index is 12.0. The third-order valence-electron chi connectivity index (χ3n) is 2.55. The average molecular weight is 329 g/mol. The summed E-state index contributed by atoms with van der Waals surface area (Å²) >= 11 is 6.21. The second-order valence-electron chi connectivity index (χ2n) is 4.48. The number of halogens is 1. The Hall–Kier alpha value is -0.740. The maximum absolute atomic E-state index is 12.0. The molecule has 1 heterocycles. The van der Waals surface area contributed by atoms with Gasteiger partial charge in [-0.3, -0.25) is 10.1 Å². The molecule has 0 aromatic carbocycles. The number of aliphatic hydroxyl groups is 1. The van der Waals surface area contributed by atoms with Gasteiger partial charge >= 0.3 is 0 Å². The average Bonchev–Trinajstić information content (AvgIpc) is 2.59. The summed E-state index contributed by atoms with van der Waals surface area (Å²) in [5.41, 5.74) is -1.56. The van der Waals surface area contributed by atoms with Crippen LogP contribution in [0, 0.1) is 10.1 Å². The van der Waals surface area contributed by atoms with E-state index in [4.69, 9.17) is 11.6 Å². The van der Waals surface area contributed by atoms with Crippen molar-refractivity contribution >= 4 is 38.6 Å². The zero-order valence-electron chi connectivity index (χ0n) is 10.4. The zero-order chi connectivity index (χ0) is 15.0. The van der Waals surface area contributed by atoms with Crippen LogP contribution in [0.5, 0.6) is 0 Å². The quantitative estimate of drug-likeness (QED) is 0.632. The number of hydrogen-bond acceptors (Lipinski definition) is 6. The smallest absolute Gasteiger partial charge is 0.300 e. The van der Waals surface area contributed by atoms with Crippen molar-refractivity contribution in [1.82, 2.24) is 4.72 Å². The van der Waals surface area contributed by atoms with Crippen molar-refractivity contribution in [1.29, 1.82) is 0 Å². The molecular formula is C9H13ClN2O5S2. The molecule has 7 nitrogen and oxygen atoms in total. The van der Waals surface area contributed by atoms with E-state index in [0.717, 1.165) is 6.07 Å². The Morgan fingerprint density at radius 3 is 2.47 bits per heavy atom. The summed E-state index contributed by atoms with van der Waals surface area (Å²) in [7, 11) is -3.98. The van der Waals surface area contributed by atoms with Gasteiger partial charge in [0.25, 0.3) is 15.7 Å². The molecular weight excluding hydrogens is 316 g/mol. The van der Waals surface area contributed by atoms with Crippen molar-refractivity contribution < 1.29 is 18.4 Å². The number of nitrogens with zero attached hydrogens (tertiary/aromatic N) is 1. The molecule has 19 heavy (non-hydrogen) atoms. The van der Waals surface area contributed by atoms with E-state index in [2.05, 4.69) is 4.72 Å². The van der Waals surface area contributed by atoms with Gasteiger partial charge in [-0.1, -0.05) is 11.6 Å². The first-order valence-electron chi connectivity index (χ1n) is 5.13. The molecule has 1 rings (SSSR count). The SMILES string of the molecule is CC(O)C(C)(C)NS(=O)(=O)c1cc([N+](=O)[O-])c(Cl)s1. The van der Waals surface area contributed by atoms with Gasteiger partial charge in [0.05, 0.1) is 16.6 Å². The number of nitro groups is 1. The first-order valence-corrected chi connectivity index (χ1v) is 7.81. The van der Waals surface area contributed by atoms with Crippen molar-refractivity contribution in [2.45, 2.75) is 36.6 Å². The van der Waals surface area contributed by atoms with Crippen LogP contribution in [0.2, 0.25) is 4.34 Å². The van der Waals surface area contributed by atoms with Crippen molar-refractivity contribution in [3.8, 4) is 0 Å². The predicted molar refractivity (Wildman–Crippen MR) is 72.1 cm³/mol. The lowest BCUT2D eigenvalue weighted by molar-refractivity contribution is -0.384. The number of sulfonamides is 1. The molecule has 0 aliphatic rings. The van der Waals surface area contributed by atoms with Crippen LogP contribution in [-0.2, 0) is 10.0 Å². The highest BCUT2D eigenvalue weighted by Gasteiger charge is 2.33. The molecule has 1 aromatic rings. The van der Waals surface area contributed by atoms with Gasteiger partial charge < -0.3 is 5.11 Å². The fraction of sp³-hybridized carbons (Fsp3) is 0.556. The highest BCUT2D eigenvalue weighted by Crippen LogP contribution is 2.36. The number of hydrogen-bond donors (Lipinski definition) is 2. The minimum Gasteiger partial charge on any atom is -0.391 e. The molecule has 0 saturated heterocycles. The summed E-state index contributed by atoms with van der Waals surface area (Å²) < 4.78 is 25.9. The van der Waals surface area contributed by atoms with Gasteiger partial charge in [-0.25, -0.2) is 13.1 Å². The molecule has 1 atom stereocenters. The largest absolute Gasteiger partial charge is 0.391 e. The van der Waals surface area contributed by atoms with E-state index in [0.29, 0.717) is 11.3 Å². The maximum Gasteiger partial charge on any atom is 0.300 e. The van der Waals surface area contributed by atoms with Gasteiger partial charge in [-0.05, 0) is 20.8 Å². The lowest BCUT2D eigenvalue weighted by Gasteiger charge is -2.28. The molecule has 0 radical (unpaired) electrons. The van der Waals surface area contributed by atoms with Crippen molar-refractivity contribution in [2.24, 2.45) is 0 Å². The topological polar surface area (TPSA) is 110 Å². The van der Waals surface area contributed by atoms with Crippen LogP contribution < -0.4 is 4.72 Å². The standard InChI is InChI=1S/C9H13ClN2O5S2/c1-5(13)9(2,3)11-19(16,17)7-4-6(12(14)15)8(10)18-7/h4-5,11,13H,1-3H3. The number of aliphatic hydroxyl groups excluding tert-OH is 1. The number of rotatable bonds is 5. The second-order valence-corrected chi connectivity index (χ2v) is 8.05. The summed E-state index contributed by atoms with van der Waals surface area (Å²) in [6.07, 6.45) is -0.937. The Morgan fingerprint density at radius 1 is 1.58 bits per heavy atom. The molecule has 0 aliphatic heterocycles. The van der Waals surface area contributed by atoms with E-state index >= 15 is 0 Å². The number of thiophene rings is 1. The van der Waals surface area contributed by atoms with E-state index in [1.807, 2.05) is 0 Å². The lowest BCUT2D eigenvalue weighted by Crippen LogP contribution is -2.50. The normalized spacial score (nSPS) is 14.4. The Morgan fingerprint density at radius 2 is 2.11 bits per heavy atom. The van der Waals surface area contributed by atoms with Crippen LogP contribution in [0.15, 0.2) is 10.3 Å². The van der Waals surface area contributed by atoms with Crippen molar-refractivity contribution in [3.05, 3.63) is 20.5 Å². The predicted octanol–water partition coefficient (Wildman–Crippen LogP) is 1.75. The Balaban J connectivity index is 3.15. The first kappa shape index (κ1) is 16.3. The minimum atomic E-state index is -3.98. The fourth-order valence-corrected chi connectivity index (χ4v) is 4.22. The summed E-state index contributed by atoms with van der Waals surface area (Å²) in [6, 6.07) is 0.896. The molecule has 2 N–H and O–H groups in total. The van der Waals surface area contributed by atoms with E-state index in [1.54, 1.807) is 0 Å². The van der Waals surface area contributed by atoms with Crippen LogP contribution in [-0.4, -0.2) is 30.1 Å². The molecule has 0 saturated carbocycles. The van der Waals surface area contributed by atoms with Crippen molar-refractivity contribution in [2.75, 3.05) is 0 Å². The lowest BCUT2D eigenvalue weighted by atomic mass is 10.0. The van der Waals surface area contributed by atoms with Crippen LogP contribution in [0.4, 0.5) is 5.69 Å². The van der Waals surface area contributed by atoms with Gasteiger partial charge in [-0.2, -0.15) is 0 Å². The van der Waals surface area contributed by atoms with Crippen LogP contribution in [0.1, 0.15) is 20.8 Å². The van der Waals surface area contributed by atoms with Gasteiger partial charge in [0.15, 0.2) is 4.34 Å². The molecule has 0 fully saturated rings. The van der Waals surface area contributed by atoms with E-state index in [9.17, 15) is 23.6 Å². The van der Waals surface area contributed by atoms with E-state index in [-0.39, 0.29) is 8.55 Å². The Bertz CT molecular complexity index is 594. The molecule has 1 aromatic heterocycles. The van der Waals surface area contributed by atoms with Crippen LogP contribution in [0.25, 0.3) is 0 Å². The van der Waals surface area contributed by atoms with Gasteiger partial charge in [0.1, 0.15) is 4.21 Å². The van der Waals surface area contributed by atoms with Crippen molar-refractivity contribution in [3.63, 3.8) is 0 Å². The zero-order valence-corrected chi connectivity index (χ0v) is 12.8. The van der Waals surface area contributed by atoms with E-state index in [1.165, 1.54) is 20.8 Å². The third kappa shape index (κ3) is 3.63. The molecule has 10 heteroatoms. The van der Waals surface area contributed by atoms with Gasteiger partial charge in [0, 0.05) is 6.07 Å². The van der Waals surface area contributed by atoms with Crippen LogP contribution >= 0.6 is 22.9 Å². The summed E-state index contributed by atoms with van der Waals surface area (Å²) in [6.45, 7) is 4.43. The van der Waals surface area contributed by atoms with Gasteiger partial charge in [0.2, 0.25) is 0 Å². The summed E-state index contributed by atoms with van der Waals surface area (Å²) in [5, 5.41) is 20.1. The minimum absolute atomic E-state index is 0.208. The summed E-state index contributed by atoms with van der Waals surface area (Å²) in [5.74, 6) is 0. The molecule has 0 bridgehead atoms.